The summed E-state index contributed by atoms with van der Waals surface area (Å²) in [5.41, 5.74) is 3.05. The fourth-order valence-electron chi connectivity index (χ4n) is 2.43. The average Bonchev–Trinajstić information content (AvgIpc) is 2.61. The van der Waals surface area contributed by atoms with Gasteiger partial charge in [0.15, 0.2) is 0 Å². The van der Waals surface area contributed by atoms with E-state index >= 15 is 0 Å². The van der Waals surface area contributed by atoms with Crippen LogP contribution in [0.1, 0.15) is 20.8 Å². The van der Waals surface area contributed by atoms with Gasteiger partial charge in [0.1, 0.15) is 0 Å². The Kier molecular flexibility index (Phi) is 11.2. The van der Waals surface area contributed by atoms with E-state index in [-0.39, 0.29) is 31.8 Å². The predicted octanol–water partition coefficient (Wildman–Crippen LogP) is 6.74. The summed E-state index contributed by atoms with van der Waals surface area (Å²) in [6.45, 7) is 6.12. The fraction of sp³-hybridized carbons (Fsp3) is 0.182. The van der Waals surface area contributed by atoms with Crippen molar-refractivity contribution in [2.45, 2.75) is 20.8 Å². The molecule has 0 spiro atoms. The van der Waals surface area contributed by atoms with Gasteiger partial charge in [0.2, 0.25) is 0 Å². The third-order valence-electron chi connectivity index (χ3n) is 3.62. The molecule has 1 aromatic heterocycles. The van der Waals surface area contributed by atoms with Gasteiger partial charge in [-0.2, -0.15) is 0 Å². The quantitative estimate of drug-likeness (QED) is 0.254. The van der Waals surface area contributed by atoms with Crippen LogP contribution in [-0.2, 0) is 20.1 Å². The van der Waals surface area contributed by atoms with Gasteiger partial charge in [-0.1, -0.05) is 41.5 Å². The second-order valence-electron chi connectivity index (χ2n) is 6.01. The second kappa shape index (κ2) is 12.2. The maximum absolute atomic E-state index is 13.8. The van der Waals surface area contributed by atoms with Crippen LogP contribution in [0.5, 0.6) is 0 Å². The largest absolute Gasteiger partial charge is 0.693 e. The van der Waals surface area contributed by atoms with Crippen LogP contribution in [0.25, 0.3) is 28.2 Å². The second-order valence-corrected chi connectivity index (χ2v) is 6.01. The SMILES string of the molecule is CN=C(C)C=C(C)C.Fc1c[c-]c(-c2nccc3ccccc23)c(F)c1.[Ir].[NH2-]. The third-order valence-corrected chi connectivity index (χ3v) is 3.62. The number of nitrogens with zero attached hydrogens (tertiary/aromatic N) is 2. The van der Waals surface area contributed by atoms with Crippen LogP contribution in [0, 0.1) is 17.7 Å². The molecule has 6 heteroatoms. The molecule has 151 valence electrons. The van der Waals surface area contributed by atoms with E-state index in [2.05, 4.69) is 36.0 Å². The first-order chi connectivity index (χ1) is 12.4. The van der Waals surface area contributed by atoms with Gasteiger partial charge in [0, 0.05) is 50.7 Å². The van der Waals surface area contributed by atoms with E-state index in [9.17, 15) is 8.78 Å². The van der Waals surface area contributed by atoms with Crippen molar-refractivity contribution in [1.82, 2.24) is 4.98 Å². The topological polar surface area (TPSA) is 58.8 Å². The maximum Gasteiger partial charge on any atom is 0.0408 e. The standard InChI is InChI=1S/C15H8F2N.C7H13N.Ir.H2N/c16-11-5-6-13(14(17)9-11)15-12-4-2-1-3-10(12)7-8-18-15;1-6(2)5-7(3)8-4;;/h1-5,7-9H;5H,1-4H3;;1H2/q-1;;;-1. The summed E-state index contributed by atoms with van der Waals surface area (Å²) in [6.07, 6.45) is 3.66. The molecule has 0 bridgehead atoms. The van der Waals surface area contributed by atoms with Crippen LogP contribution >= 0.6 is 0 Å². The first-order valence-electron chi connectivity index (χ1n) is 8.21. The molecule has 0 fully saturated rings. The summed E-state index contributed by atoms with van der Waals surface area (Å²) in [7, 11) is 1.80. The normalized spacial score (nSPS) is 10.1. The number of hydrogen-bond donors (Lipinski definition) is 0. The van der Waals surface area contributed by atoms with Gasteiger partial charge >= 0.3 is 0 Å². The molecule has 0 aliphatic rings. The van der Waals surface area contributed by atoms with Gasteiger partial charge in [-0.15, -0.1) is 12.1 Å². The molecule has 1 heterocycles. The number of nitrogens with two attached hydrogens (primary N) is 1. The maximum atomic E-state index is 13.8. The molecule has 1 radical (unpaired) electrons. The van der Waals surface area contributed by atoms with E-state index in [1.54, 1.807) is 13.2 Å². The summed E-state index contributed by atoms with van der Waals surface area (Å²) < 4.78 is 26.6. The zero-order valence-electron chi connectivity index (χ0n) is 16.3. The molecule has 3 rings (SSSR count). The van der Waals surface area contributed by atoms with Gasteiger partial charge in [0.25, 0.3) is 0 Å². The van der Waals surface area contributed by atoms with Gasteiger partial charge < -0.3 is 11.1 Å². The Hall–Kier alpha value is -2.27. The molecular weight excluding hydrogens is 536 g/mol. The zero-order chi connectivity index (χ0) is 19.1. The molecule has 0 saturated heterocycles. The van der Waals surface area contributed by atoms with Crippen LogP contribution in [0.2, 0.25) is 0 Å². The molecule has 0 aliphatic heterocycles. The number of halogens is 2. The van der Waals surface area contributed by atoms with E-state index in [1.807, 2.05) is 37.3 Å². The van der Waals surface area contributed by atoms with Gasteiger partial charge in [0.05, 0.1) is 0 Å². The summed E-state index contributed by atoms with van der Waals surface area (Å²) >= 11 is 0. The molecular formula is C22H23F2IrN3-2. The first-order valence-corrected chi connectivity index (χ1v) is 8.21. The van der Waals surface area contributed by atoms with Crippen LogP contribution < -0.4 is 0 Å². The van der Waals surface area contributed by atoms with Crippen molar-refractivity contribution in [1.29, 1.82) is 0 Å². The smallest absolute Gasteiger partial charge is 0.0408 e. The minimum Gasteiger partial charge on any atom is -0.693 e. The summed E-state index contributed by atoms with van der Waals surface area (Å²) in [4.78, 5) is 8.14. The number of aliphatic imine (C=N–C) groups is 1. The van der Waals surface area contributed by atoms with Gasteiger partial charge in [-0.05, 0) is 49.4 Å². The Morgan fingerprint density at radius 1 is 1.11 bits per heavy atom. The van der Waals surface area contributed by atoms with Crippen molar-refractivity contribution in [3.63, 3.8) is 0 Å². The minimum absolute atomic E-state index is 0. The number of hydrogen-bond acceptors (Lipinski definition) is 2. The Morgan fingerprint density at radius 3 is 2.36 bits per heavy atom. The molecule has 0 atom stereocenters. The third kappa shape index (κ3) is 7.04. The molecule has 2 N–H and O–H groups in total. The molecule has 0 saturated carbocycles. The number of rotatable bonds is 2. The Bertz CT molecular complexity index is 960. The molecule has 2 aromatic carbocycles. The number of benzene rings is 2. The number of fused-ring (bicyclic) bond motifs is 1. The molecule has 3 aromatic rings. The Morgan fingerprint density at radius 2 is 1.79 bits per heavy atom. The zero-order valence-corrected chi connectivity index (χ0v) is 18.7. The summed E-state index contributed by atoms with van der Waals surface area (Å²) in [5, 5.41) is 1.78. The van der Waals surface area contributed by atoms with E-state index in [0.717, 1.165) is 28.6 Å². The Labute approximate surface area is 178 Å². The van der Waals surface area contributed by atoms with Crippen molar-refractivity contribution >= 4 is 16.5 Å². The predicted molar refractivity (Wildman–Crippen MR) is 110 cm³/mol. The summed E-state index contributed by atoms with van der Waals surface area (Å²) in [5.74, 6) is -1.30. The van der Waals surface area contributed by atoms with Crippen molar-refractivity contribution in [3.05, 3.63) is 84.2 Å². The van der Waals surface area contributed by atoms with Crippen LogP contribution in [0.4, 0.5) is 8.78 Å². The van der Waals surface area contributed by atoms with E-state index in [1.165, 1.54) is 5.57 Å². The van der Waals surface area contributed by atoms with Gasteiger partial charge in [-0.3, -0.25) is 13.8 Å². The van der Waals surface area contributed by atoms with E-state index < -0.39 is 11.6 Å². The minimum atomic E-state index is -0.654. The van der Waals surface area contributed by atoms with E-state index in [4.69, 9.17) is 0 Å². The van der Waals surface area contributed by atoms with Gasteiger partial charge in [-0.25, -0.2) is 0 Å². The van der Waals surface area contributed by atoms with Crippen LogP contribution in [0.15, 0.2) is 65.3 Å². The van der Waals surface area contributed by atoms with Crippen LogP contribution in [-0.4, -0.2) is 17.7 Å². The van der Waals surface area contributed by atoms with Crippen molar-refractivity contribution in [3.8, 4) is 11.3 Å². The van der Waals surface area contributed by atoms with Crippen molar-refractivity contribution in [2.24, 2.45) is 4.99 Å². The molecule has 28 heavy (non-hydrogen) atoms. The number of aromatic nitrogens is 1. The van der Waals surface area contributed by atoms with Crippen molar-refractivity contribution < 1.29 is 28.9 Å². The summed E-state index contributed by atoms with van der Waals surface area (Å²) in [6, 6.07) is 13.9. The molecule has 0 unspecified atom stereocenters. The van der Waals surface area contributed by atoms with Crippen molar-refractivity contribution in [2.75, 3.05) is 7.05 Å². The Balaban J connectivity index is 0.000000634. The fourth-order valence-corrected chi connectivity index (χ4v) is 2.43. The number of allylic oxidation sites excluding steroid dienone is 2. The van der Waals surface area contributed by atoms with Crippen LogP contribution in [0.3, 0.4) is 0 Å². The average molecular weight is 560 g/mol. The molecule has 0 aliphatic carbocycles. The van der Waals surface area contributed by atoms with E-state index in [0.29, 0.717) is 5.69 Å². The molecule has 0 amide bonds. The monoisotopic (exact) mass is 560 g/mol. The molecule has 3 nitrogen and oxygen atoms in total. The first kappa shape index (κ1) is 25.7. The number of pyridine rings is 1.